The SMILES string of the molecule is C.C=CC.CC.CC.CC(C)CNCCC1CCC(C(=O)O)N1. The smallest absolute Gasteiger partial charge is 0.320 e. The van der Waals surface area contributed by atoms with E-state index in [0.29, 0.717) is 12.0 Å². The van der Waals surface area contributed by atoms with Crippen LogP contribution in [0.3, 0.4) is 0 Å². The fourth-order valence-electron chi connectivity index (χ4n) is 1.91. The van der Waals surface area contributed by atoms with Crippen LogP contribution in [0.15, 0.2) is 12.7 Å². The van der Waals surface area contributed by atoms with Gasteiger partial charge in [-0.25, -0.2) is 0 Å². The largest absolute Gasteiger partial charge is 0.480 e. The van der Waals surface area contributed by atoms with Gasteiger partial charge in [0, 0.05) is 6.04 Å². The van der Waals surface area contributed by atoms with E-state index >= 15 is 0 Å². The summed E-state index contributed by atoms with van der Waals surface area (Å²) in [6, 6.07) is 0.0610. The molecule has 0 bridgehead atoms. The van der Waals surface area contributed by atoms with Crippen LogP contribution in [0.1, 0.15) is 75.2 Å². The van der Waals surface area contributed by atoms with Crippen molar-refractivity contribution in [3.8, 4) is 0 Å². The van der Waals surface area contributed by atoms with Gasteiger partial charge in [0.25, 0.3) is 0 Å². The molecule has 2 atom stereocenters. The summed E-state index contributed by atoms with van der Waals surface area (Å²) in [6.45, 7) is 19.6. The van der Waals surface area contributed by atoms with Gasteiger partial charge in [0.05, 0.1) is 0 Å². The zero-order valence-corrected chi connectivity index (χ0v) is 15.9. The first-order valence-electron chi connectivity index (χ1n) is 8.77. The number of hydrogen-bond acceptors (Lipinski definition) is 3. The first-order valence-corrected chi connectivity index (χ1v) is 8.77. The standard InChI is InChI=1S/C11H22N2O2.C3H6.2C2H6.CH4/c1-8(2)7-12-6-5-9-3-4-10(13-9)11(14)15;1-3-2;2*1-2;/h8-10,12-13H,3-7H2,1-2H3,(H,14,15);3H,1H2,2H3;2*1-2H3;1H4. The Hall–Kier alpha value is -0.870. The monoisotopic (exact) mass is 332 g/mol. The number of allylic oxidation sites excluding steroid dienone is 1. The van der Waals surface area contributed by atoms with E-state index < -0.39 is 5.97 Å². The molecule has 4 heteroatoms. The van der Waals surface area contributed by atoms with Crippen LogP contribution in [0.2, 0.25) is 0 Å². The van der Waals surface area contributed by atoms with E-state index in [9.17, 15) is 4.79 Å². The molecular formula is C19H44N2O2. The molecule has 23 heavy (non-hydrogen) atoms. The molecule has 3 N–H and O–H groups in total. The molecule has 0 spiro atoms. The summed E-state index contributed by atoms with van der Waals surface area (Å²) in [4.78, 5) is 10.7. The maximum absolute atomic E-state index is 10.7. The van der Waals surface area contributed by atoms with Crippen molar-refractivity contribution in [1.82, 2.24) is 10.6 Å². The van der Waals surface area contributed by atoms with Gasteiger partial charge in [-0.15, -0.1) is 6.58 Å². The normalized spacial score (nSPS) is 18.1. The van der Waals surface area contributed by atoms with Gasteiger partial charge >= 0.3 is 5.97 Å². The van der Waals surface area contributed by atoms with E-state index in [4.69, 9.17) is 5.11 Å². The summed E-state index contributed by atoms with van der Waals surface area (Å²) in [5.41, 5.74) is 0. The van der Waals surface area contributed by atoms with E-state index in [-0.39, 0.29) is 13.5 Å². The molecule has 1 saturated heterocycles. The van der Waals surface area contributed by atoms with Crippen molar-refractivity contribution in [3.63, 3.8) is 0 Å². The Balaban J connectivity index is -0.000000197. The van der Waals surface area contributed by atoms with Gasteiger partial charge in [0.1, 0.15) is 6.04 Å². The molecular weight excluding hydrogens is 288 g/mol. The second-order valence-electron chi connectivity index (χ2n) is 5.13. The third-order valence-electron chi connectivity index (χ3n) is 2.76. The van der Waals surface area contributed by atoms with Crippen molar-refractivity contribution in [2.75, 3.05) is 13.1 Å². The van der Waals surface area contributed by atoms with Crippen LogP contribution < -0.4 is 10.6 Å². The molecule has 142 valence electrons. The molecule has 0 aliphatic carbocycles. The number of carbonyl (C=O) groups is 1. The summed E-state index contributed by atoms with van der Waals surface area (Å²) in [5.74, 6) is -0.0408. The maximum atomic E-state index is 10.7. The summed E-state index contributed by atoms with van der Waals surface area (Å²) >= 11 is 0. The van der Waals surface area contributed by atoms with Gasteiger partial charge in [0.15, 0.2) is 0 Å². The van der Waals surface area contributed by atoms with Crippen molar-refractivity contribution >= 4 is 5.97 Å². The van der Waals surface area contributed by atoms with Crippen LogP contribution in [-0.4, -0.2) is 36.2 Å². The van der Waals surface area contributed by atoms with Crippen LogP contribution >= 0.6 is 0 Å². The predicted molar refractivity (Wildman–Crippen MR) is 105 cm³/mol. The lowest BCUT2D eigenvalue weighted by Crippen LogP contribution is -2.37. The highest BCUT2D eigenvalue weighted by atomic mass is 16.4. The van der Waals surface area contributed by atoms with E-state index in [2.05, 4.69) is 31.1 Å². The summed E-state index contributed by atoms with van der Waals surface area (Å²) in [6.07, 6.45) is 4.53. The first-order chi connectivity index (χ1) is 10.5. The van der Waals surface area contributed by atoms with E-state index in [1.807, 2.05) is 34.6 Å². The number of rotatable bonds is 6. The van der Waals surface area contributed by atoms with E-state index in [0.717, 1.165) is 32.4 Å². The first kappa shape index (κ1) is 30.1. The van der Waals surface area contributed by atoms with Gasteiger partial charge < -0.3 is 15.7 Å². The van der Waals surface area contributed by atoms with E-state index in [1.54, 1.807) is 6.08 Å². The zero-order valence-electron chi connectivity index (χ0n) is 15.9. The second-order valence-corrected chi connectivity index (χ2v) is 5.13. The lowest BCUT2D eigenvalue weighted by molar-refractivity contribution is -0.139. The molecule has 0 aromatic rings. The highest BCUT2D eigenvalue weighted by molar-refractivity contribution is 5.73. The quantitative estimate of drug-likeness (QED) is 0.487. The molecule has 0 aromatic heterocycles. The van der Waals surface area contributed by atoms with Crippen LogP contribution in [-0.2, 0) is 4.79 Å². The Labute approximate surface area is 146 Å². The molecule has 1 aliphatic heterocycles. The van der Waals surface area contributed by atoms with Crippen molar-refractivity contribution in [2.24, 2.45) is 5.92 Å². The lowest BCUT2D eigenvalue weighted by atomic mass is 10.1. The molecule has 4 nitrogen and oxygen atoms in total. The lowest BCUT2D eigenvalue weighted by Gasteiger charge is -2.13. The summed E-state index contributed by atoms with van der Waals surface area (Å²) < 4.78 is 0. The second kappa shape index (κ2) is 23.4. The van der Waals surface area contributed by atoms with Gasteiger partial charge in [-0.2, -0.15) is 0 Å². The number of nitrogens with one attached hydrogen (secondary N) is 2. The Bertz CT molecular complexity index is 244. The third kappa shape index (κ3) is 21.1. The fraction of sp³-hybridized carbons (Fsp3) is 0.842. The van der Waals surface area contributed by atoms with Gasteiger partial charge in [-0.1, -0.05) is 55.0 Å². The maximum Gasteiger partial charge on any atom is 0.320 e. The Morgan fingerprint density at radius 1 is 1.30 bits per heavy atom. The van der Waals surface area contributed by atoms with Gasteiger partial charge in [0.2, 0.25) is 0 Å². The third-order valence-corrected chi connectivity index (χ3v) is 2.76. The van der Waals surface area contributed by atoms with Crippen LogP contribution in [0.5, 0.6) is 0 Å². The Kier molecular flexibility index (Phi) is 30.6. The molecule has 0 radical (unpaired) electrons. The molecule has 1 aliphatic rings. The molecule has 1 fully saturated rings. The Morgan fingerprint density at radius 2 is 1.78 bits per heavy atom. The van der Waals surface area contributed by atoms with E-state index in [1.165, 1.54) is 0 Å². The minimum atomic E-state index is -0.715. The number of carboxylic acid groups (broad SMARTS) is 1. The van der Waals surface area contributed by atoms with Crippen molar-refractivity contribution < 1.29 is 9.90 Å². The fourth-order valence-corrected chi connectivity index (χ4v) is 1.91. The van der Waals surface area contributed by atoms with Crippen molar-refractivity contribution in [3.05, 3.63) is 12.7 Å². The molecule has 2 unspecified atom stereocenters. The number of hydrogen-bond donors (Lipinski definition) is 3. The average Bonchev–Trinajstić information content (AvgIpc) is 2.98. The molecule has 1 heterocycles. The topological polar surface area (TPSA) is 61.4 Å². The van der Waals surface area contributed by atoms with Crippen LogP contribution in [0, 0.1) is 5.92 Å². The summed E-state index contributed by atoms with van der Waals surface area (Å²) in [7, 11) is 0. The minimum absolute atomic E-state index is 0. The molecule has 0 amide bonds. The highest BCUT2D eigenvalue weighted by Gasteiger charge is 2.27. The van der Waals surface area contributed by atoms with Crippen LogP contribution in [0.25, 0.3) is 0 Å². The zero-order chi connectivity index (χ0) is 18.0. The minimum Gasteiger partial charge on any atom is -0.480 e. The average molecular weight is 333 g/mol. The Morgan fingerprint density at radius 3 is 2.13 bits per heavy atom. The van der Waals surface area contributed by atoms with Gasteiger partial charge in [-0.05, 0) is 45.2 Å². The summed E-state index contributed by atoms with van der Waals surface area (Å²) in [5, 5.41) is 15.3. The highest BCUT2D eigenvalue weighted by Crippen LogP contribution is 2.14. The molecule has 0 saturated carbocycles. The molecule has 0 aromatic carbocycles. The van der Waals surface area contributed by atoms with Crippen LogP contribution in [0.4, 0.5) is 0 Å². The van der Waals surface area contributed by atoms with Crippen molar-refractivity contribution in [2.45, 2.75) is 87.2 Å². The molecule has 1 rings (SSSR count). The number of carboxylic acids is 1. The van der Waals surface area contributed by atoms with Crippen molar-refractivity contribution in [1.29, 1.82) is 0 Å². The predicted octanol–water partition coefficient (Wildman–Crippen LogP) is 4.71. The number of aliphatic carboxylic acids is 1. The van der Waals surface area contributed by atoms with Gasteiger partial charge in [-0.3, -0.25) is 4.79 Å².